The number of ether oxygens (including phenoxy) is 1. The van der Waals surface area contributed by atoms with Gasteiger partial charge in [0.15, 0.2) is 0 Å². The van der Waals surface area contributed by atoms with Crippen molar-refractivity contribution in [1.29, 1.82) is 0 Å². The van der Waals surface area contributed by atoms with Crippen molar-refractivity contribution in [3.05, 3.63) is 12.2 Å². The maximum atomic E-state index is 5.19. The Kier molecular flexibility index (Phi) is 5.42. The molecular formula is C11H22N4O. The van der Waals surface area contributed by atoms with Gasteiger partial charge in [0.1, 0.15) is 12.2 Å². The van der Waals surface area contributed by atoms with Crippen LogP contribution in [0.4, 0.5) is 0 Å². The molecule has 1 rings (SSSR count). The van der Waals surface area contributed by atoms with Crippen LogP contribution in [0.3, 0.4) is 0 Å². The third-order valence-corrected chi connectivity index (χ3v) is 2.67. The Labute approximate surface area is 97.2 Å². The monoisotopic (exact) mass is 226 g/mol. The maximum Gasteiger partial charge on any atom is 0.140 e. The Bertz CT molecular complexity index is 298. The lowest BCUT2D eigenvalue weighted by atomic mass is 10.1. The molecule has 1 heterocycles. The Morgan fingerprint density at radius 3 is 2.81 bits per heavy atom. The van der Waals surface area contributed by atoms with Gasteiger partial charge in [-0.25, -0.2) is 9.67 Å². The number of aromatic nitrogens is 3. The van der Waals surface area contributed by atoms with Crippen LogP contribution < -0.4 is 5.32 Å². The Balaban J connectivity index is 2.48. The van der Waals surface area contributed by atoms with Gasteiger partial charge in [-0.05, 0) is 12.8 Å². The van der Waals surface area contributed by atoms with Crippen LogP contribution in [-0.2, 0) is 17.8 Å². The highest BCUT2D eigenvalue weighted by Crippen LogP contribution is 2.03. The molecule has 92 valence electrons. The summed E-state index contributed by atoms with van der Waals surface area (Å²) in [6.45, 7) is 8.74. The van der Waals surface area contributed by atoms with E-state index in [4.69, 9.17) is 4.74 Å². The van der Waals surface area contributed by atoms with Crippen LogP contribution in [0.1, 0.15) is 26.6 Å². The molecule has 0 saturated heterocycles. The van der Waals surface area contributed by atoms with Crippen molar-refractivity contribution < 1.29 is 4.74 Å². The van der Waals surface area contributed by atoms with Crippen LogP contribution in [0.15, 0.2) is 6.33 Å². The van der Waals surface area contributed by atoms with E-state index in [1.54, 1.807) is 13.4 Å². The molecule has 0 aliphatic rings. The molecule has 1 aromatic rings. The molecule has 5 nitrogen and oxygen atoms in total. The molecule has 0 saturated carbocycles. The molecule has 0 bridgehead atoms. The van der Waals surface area contributed by atoms with Gasteiger partial charge in [0.2, 0.25) is 0 Å². The predicted octanol–water partition coefficient (Wildman–Crippen LogP) is 1.06. The third-order valence-electron chi connectivity index (χ3n) is 2.67. The van der Waals surface area contributed by atoms with Crippen LogP contribution in [0.25, 0.3) is 0 Å². The third kappa shape index (κ3) is 3.57. The van der Waals surface area contributed by atoms with Crippen LogP contribution in [-0.4, -0.2) is 34.5 Å². The van der Waals surface area contributed by atoms with Crippen LogP contribution in [0.5, 0.6) is 0 Å². The summed E-state index contributed by atoms with van der Waals surface area (Å²) in [4.78, 5) is 4.23. The molecule has 16 heavy (non-hydrogen) atoms. The van der Waals surface area contributed by atoms with Gasteiger partial charge < -0.3 is 10.1 Å². The summed E-state index contributed by atoms with van der Waals surface area (Å²) in [5.74, 6) is 1.52. The predicted molar refractivity (Wildman–Crippen MR) is 63.0 cm³/mol. The number of methoxy groups -OCH3 is 1. The quantitative estimate of drug-likeness (QED) is 0.755. The molecule has 1 N–H and O–H groups in total. The topological polar surface area (TPSA) is 52.0 Å². The lowest BCUT2D eigenvalue weighted by molar-refractivity contribution is 0.145. The Hall–Kier alpha value is -0.940. The molecule has 1 atom stereocenters. The fraction of sp³-hybridized carbons (Fsp3) is 0.818. The second-order valence-corrected chi connectivity index (χ2v) is 4.18. The van der Waals surface area contributed by atoms with E-state index in [1.165, 1.54) is 0 Å². The minimum atomic E-state index is 0.354. The zero-order valence-electron chi connectivity index (χ0n) is 10.6. The Morgan fingerprint density at radius 2 is 2.25 bits per heavy atom. The van der Waals surface area contributed by atoms with Crippen molar-refractivity contribution in [1.82, 2.24) is 20.1 Å². The van der Waals surface area contributed by atoms with E-state index in [-0.39, 0.29) is 0 Å². The first-order chi connectivity index (χ1) is 7.69. The summed E-state index contributed by atoms with van der Waals surface area (Å²) < 4.78 is 7.09. The van der Waals surface area contributed by atoms with E-state index in [0.717, 1.165) is 25.5 Å². The smallest absolute Gasteiger partial charge is 0.140 e. The molecule has 0 aromatic carbocycles. The molecule has 0 aliphatic carbocycles. The zero-order chi connectivity index (χ0) is 12.0. The average molecular weight is 226 g/mol. The van der Waals surface area contributed by atoms with Crippen LogP contribution in [0, 0.1) is 5.92 Å². The highest BCUT2D eigenvalue weighted by molar-refractivity contribution is 4.85. The molecule has 0 radical (unpaired) electrons. The minimum Gasteiger partial charge on any atom is -0.383 e. The van der Waals surface area contributed by atoms with Crippen molar-refractivity contribution in [2.24, 2.45) is 5.92 Å². The zero-order valence-corrected chi connectivity index (χ0v) is 10.6. The van der Waals surface area contributed by atoms with Gasteiger partial charge in [-0.15, -0.1) is 0 Å². The van der Waals surface area contributed by atoms with Gasteiger partial charge in [0.05, 0.1) is 13.2 Å². The molecule has 0 spiro atoms. The largest absolute Gasteiger partial charge is 0.383 e. The average Bonchev–Trinajstić information content (AvgIpc) is 2.71. The van der Waals surface area contributed by atoms with Crippen molar-refractivity contribution in [2.45, 2.75) is 39.9 Å². The van der Waals surface area contributed by atoms with Crippen LogP contribution >= 0.6 is 0 Å². The second kappa shape index (κ2) is 6.60. The summed E-state index contributed by atoms with van der Waals surface area (Å²) in [7, 11) is 1.73. The first-order valence-corrected chi connectivity index (χ1v) is 5.78. The van der Waals surface area contributed by atoms with E-state index >= 15 is 0 Å². The van der Waals surface area contributed by atoms with Gasteiger partial charge in [-0.3, -0.25) is 0 Å². The van der Waals surface area contributed by atoms with Gasteiger partial charge >= 0.3 is 0 Å². The number of aryl methyl sites for hydroxylation is 1. The number of nitrogens with one attached hydrogen (secondary N) is 1. The van der Waals surface area contributed by atoms with Gasteiger partial charge in [0, 0.05) is 19.7 Å². The van der Waals surface area contributed by atoms with Gasteiger partial charge in [-0.1, -0.05) is 13.8 Å². The lowest BCUT2D eigenvalue weighted by Crippen LogP contribution is -2.37. The number of hydrogen-bond donors (Lipinski definition) is 1. The number of nitrogens with zero attached hydrogens (tertiary/aromatic N) is 3. The highest BCUT2D eigenvalue weighted by Gasteiger charge is 2.13. The summed E-state index contributed by atoms with van der Waals surface area (Å²) in [6.07, 6.45) is 1.60. The van der Waals surface area contributed by atoms with E-state index < -0.39 is 0 Å². The summed E-state index contributed by atoms with van der Waals surface area (Å²) in [5, 5.41) is 7.59. The number of hydrogen-bond acceptors (Lipinski definition) is 4. The normalized spacial score (nSPS) is 13.3. The SMILES string of the molecule is CCn1ncnc1CNC(COC)C(C)C. The minimum absolute atomic E-state index is 0.354. The lowest BCUT2D eigenvalue weighted by Gasteiger charge is -2.21. The summed E-state index contributed by atoms with van der Waals surface area (Å²) in [6, 6.07) is 0.354. The standard InChI is InChI=1S/C11H22N4O/c1-5-15-11(13-8-14-15)6-12-10(7-16-4)9(2)3/h8-10,12H,5-7H2,1-4H3. The van der Waals surface area contributed by atoms with E-state index in [1.807, 2.05) is 4.68 Å². The summed E-state index contributed by atoms with van der Waals surface area (Å²) >= 11 is 0. The number of rotatable bonds is 7. The Morgan fingerprint density at radius 1 is 1.50 bits per heavy atom. The molecule has 1 unspecified atom stereocenters. The fourth-order valence-electron chi connectivity index (χ4n) is 1.58. The summed E-state index contributed by atoms with van der Waals surface area (Å²) in [5.41, 5.74) is 0. The highest BCUT2D eigenvalue weighted by atomic mass is 16.5. The van der Waals surface area contributed by atoms with Crippen molar-refractivity contribution in [2.75, 3.05) is 13.7 Å². The van der Waals surface area contributed by atoms with Crippen molar-refractivity contribution >= 4 is 0 Å². The molecule has 0 amide bonds. The van der Waals surface area contributed by atoms with Crippen molar-refractivity contribution in [3.8, 4) is 0 Å². The molecule has 1 aromatic heterocycles. The van der Waals surface area contributed by atoms with E-state index in [0.29, 0.717) is 12.0 Å². The molecule has 5 heteroatoms. The first kappa shape index (κ1) is 13.1. The fourth-order valence-corrected chi connectivity index (χ4v) is 1.58. The van der Waals surface area contributed by atoms with Crippen LogP contribution in [0.2, 0.25) is 0 Å². The second-order valence-electron chi connectivity index (χ2n) is 4.18. The van der Waals surface area contributed by atoms with Gasteiger partial charge in [-0.2, -0.15) is 5.10 Å². The van der Waals surface area contributed by atoms with E-state index in [2.05, 4.69) is 36.2 Å². The van der Waals surface area contributed by atoms with Gasteiger partial charge in [0.25, 0.3) is 0 Å². The van der Waals surface area contributed by atoms with E-state index in [9.17, 15) is 0 Å². The molecular weight excluding hydrogens is 204 g/mol. The maximum absolute atomic E-state index is 5.19. The van der Waals surface area contributed by atoms with Crippen molar-refractivity contribution in [3.63, 3.8) is 0 Å². The molecule has 0 aliphatic heterocycles. The molecule has 0 fully saturated rings. The first-order valence-electron chi connectivity index (χ1n) is 5.78.